The second-order valence-electron chi connectivity index (χ2n) is 6.61. The van der Waals surface area contributed by atoms with Gasteiger partial charge in [0.1, 0.15) is 5.75 Å². The van der Waals surface area contributed by atoms with Gasteiger partial charge in [0.05, 0.1) is 19.0 Å². The summed E-state index contributed by atoms with van der Waals surface area (Å²) in [6.07, 6.45) is 1.62. The first-order chi connectivity index (χ1) is 13.7. The molecular weight excluding hydrogens is 396 g/mol. The van der Waals surface area contributed by atoms with Crippen molar-refractivity contribution in [1.82, 2.24) is 0 Å². The van der Waals surface area contributed by atoms with E-state index in [1.165, 1.54) is 0 Å². The Kier molecular flexibility index (Phi) is 7.90. The Morgan fingerprint density at radius 2 is 1.76 bits per heavy atom. The van der Waals surface area contributed by atoms with Crippen LogP contribution < -0.4 is 18.4 Å². The number of carbonyl (C=O) groups is 1. The third kappa shape index (κ3) is 7.65. The molecule has 0 aliphatic carbocycles. The van der Waals surface area contributed by atoms with Crippen molar-refractivity contribution in [2.75, 3.05) is 12.9 Å². The molecule has 0 saturated heterocycles. The molecule has 0 aliphatic rings. The summed E-state index contributed by atoms with van der Waals surface area (Å²) < 4.78 is 44.4. The first kappa shape index (κ1) is 22.5. The first-order valence-corrected chi connectivity index (χ1v) is 11.1. The summed E-state index contributed by atoms with van der Waals surface area (Å²) >= 11 is 0. The van der Waals surface area contributed by atoms with Gasteiger partial charge in [-0.25, -0.2) is 0 Å². The number of carbonyl (C=O) groups excluding carboxylic acids is 1. The smallest absolute Gasteiger partial charge is 0.311 e. The normalized spacial score (nSPS) is 11.2. The Labute approximate surface area is 171 Å². The Hall–Kier alpha value is -2.74. The second-order valence-corrected chi connectivity index (χ2v) is 8.19. The van der Waals surface area contributed by atoms with Gasteiger partial charge in [-0.15, -0.1) is 0 Å². The van der Waals surface area contributed by atoms with Gasteiger partial charge < -0.3 is 18.4 Å². The molecule has 2 rings (SSSR count). The van der Waals surface area contributed by atoms with E-state index in [1.54, 1.807) is 43.3 Å². The van der Waals surface area contributed by atoms with E-state index < -0.39 is 10.1 Å². The van der Waals surface area contributed by atoms with Gasteiger partial charge in [-0.1, -0.05) is 25.1 Å². The molecule has 0 spiro atoms. The number of hydrogen-bond acceptors (Lipinski definition) is 7. The number of benzene rings is 2. The van der Waals surface area contributed by atoms with Crippen LogP contribution in [0.1, 0.15) is 32.8 Å². The monoisotopic (exact) mass is 422 g/mol. The maximum Gasteiger partial charge on any atom is 0.311 e. The minimum atomic E-state index is -3.59. The molecule has 29 heavy (non-hydrogen) atoms. The fourth-order valence-electron chi connectivity index (χ4n) is 2.45. The lowest BCUT2D eigenvalue weighted by Gasteiger charge is -2.17. The highest BCUT2D eigenvalue weighted by Gasteiger charge is 2.17. The number of ether oxygens (including phenoxy) is 3. The molecule has 0 radical (unpaired) electrons. The van der Waals surface area contributed by atoms with Crippen molar-refractivity contribution in [3.8, 4) is 23.0 Å². The Balaban J connectivity index is 2.12. The fraction of sp³-hybridized carbons (Fsp3) is 0.381. The van der Waals surface area contributed by atoms with E-state index in [9.17, 15) is 13.2 Å². The van der Waals surface area contributed by atoms with Crippen LogP contribution >= 0.6 is 0 Å². The lowest BCUT2D eigenvalue weighted by Crippen LogP contribution is -2.12. The van der Waals surface area contributed by atoms with E-state index in [1.807, 2.05) is 19.9 Å². The zero-order chi connectivity index (χ0) is 21.4. The lowest BCUT2D eigenvalue weighted by atomic mass is 10.1. The minimum Gasteiger partial charge on any atom is -0.489 e. The molecule has 0 bridgehead atoms. The Morgan fingerprint density at radius 3 is 2.41 bits per heavy atom. The van der Waals surface area contributed by atoms with Crippen molar-refractivity contribution < 1.29 is 31.6 Å². The van der Waals surface area contributed by atoms with Crippen molar-refractivity contribution in [2.24, 2.45) is 0 Å². The highest BCUT2D eigenvalue weighted by atomic mass is 32.2. The van der Waals surface area contributed by atoms with E-state index in [0.717, 1.165) is 11.8 Å². The lowest BCUT2D eigenvalue weighted by molar-refractivity contribution is -0.134. The SMILES string of the molecule is CCC(=O)Oc1c(OCCc2cccc(OS(C)(=O)=O)c2)cccc1OC(C)C. The Morgan fingerprint density at radius 1 is 1.07 bits per heavy atom. The van der Waals surface area contributed by atoms with E-state index >= 15 is 0 Å². The van der Waals surface area contributed by atoms with Crippen LogP contribution in [0, 0.1) is 0 Å². The molecule has 0 aliphatic heterocycles. The Bertz CT molecular complexity index is 936. The highest BCUT2D eigenvalue weighted by Crippen LogP contribution is 2.38. The van der Waals surface area contributed by atoms with Crippen LogP contribution in [0.5, 0.6) is 23.0 Å². The molecule has 0 atom stereocenters. The van der Waals surface area contributed by atoms with Gasteiger partial charge in [0, 0.05) is 12.8 Å². The maximum atomic E-state index is 11.8. The molecule has 0 heterocycles. The van der Waals surface area contributed by atoms with Crippen molar-refractivity contribution in [1.29, 1.82) is 0 Å². The van der Waals surface area contributed by atoms with E-state index in [-0.39, 0.29) is 36.6 Å². The highest BCUT2D eigenvalue weighted by molar-refractivity contribution is 7.86. The topological polar surface area (TPSA) is 88.1 Å². The van der Waals surface area contributed by atoms with Crippen molar-refractivity contribution in [3.63, 3.8) is 0 Å². The van der Waals surface area contributed by atoms with Gasteiger partial charge in [-0.2, -0.15) is 8.42 Å². The standard InChI is InChI=1S/C21H26O7S/c1-5-20(22)27-21-18(10-7-11-19(21)26-15(2)3)25-13-12-16-8-6-9-17(14-16)28-29(4,23)24/h6-11,14-15H,5,12-13H2,1-4H3. The quantitative estimate of drug-likeness (QED) is 0.327. The molecule has 0 amide bonds. The summed E-state index contributed by atoms with van der Waals surface area (Å²) in [4.78, 5) is 11.8. The van der Waals surface area contributed by atoms with E-state index in [0.29, 0.717) is 17.9 Å². The molecule has 2 aromatic carbocycles. The molecule has 0 saturated carbocycles. The predicted molar refractivity (Wildman–Crippen MR) is 109 cm³/mol. The summed E-state index contributed by atoms with van der Waals surface area (Å²) in [6, 6.07) is 11.9. The van der Waals surface area contributed by atoms with Crippen LogP contribution in [0.3, 0.4) is 0 Å². The summed E-state index contributed by atoms with van der Waals surface area (Å²) in [5.41, 5.74) is 0.841. The van der Waals surface area contributed by atoms with Gasteiger partial charge in [-0.3, -0.25) is 4.79 Å². The molecular formula is C21H26O7S. The molecule has 0 N–H and O–H groups in total. The molecule has 7 nitrogen and oxygen atoms in total. The predicted octanol–water partition coefficient (Wildman–Crippen LogP) is 3.75. The number of para-hydroxylation sites is 1. The van der Waals surface area contributed by atoms with Crippen LogP contribution in [0.25, 0.3) is 0 Å². The van der Waals surface area contributed by atoms with Crippen LogP contribution in [0.15, 0.2) is 42.5 Å². The first-order valence-electron chi connectivity index (χ1n) is 9.29. The summed E-state index contributed by atoms with van der Waals surface area (Å²) in [6.45, 7) is 5.75. The van der Waals surface area contributed by atoms with Gasteiger partial charge in [0.15, 0.2) is 11.5 Å². The molecule has 2 aromatic rings. The van der Waals surface area contributed by atoms with Crippen LogP contribution in [-0.4, -0.2) is 33.4 Å². The maximum absolute atomic E-state index is 11.8. The molecule has 0 fully saturated rings. The molecule has 0 unspecified atom stereocenters. The zero-order valence-electron chi connectivity index (χ0n) is 17.0. The van der Waals surface area contributed by atoms with Crippen LogP contribution in [0.4, 0.5) is 0 Å². The van der Waals surface area contributed by atoms with Crippen LogP contribution in [0.2, 0.25) is 0 Å². The molecule has 0 aromatic heterocycles. The zero-order valence-corrected chi connectivity index (χ0v) is 17.8. The minimum absolute atomic E-state index is 0.0955. The van der Waals surface area contributed by atoms with Crippen LogP contribution in [-0.2, 0) is 21.3 Å². The largest absolute Gasteiger partial charge is 0.489 e. The van der Waals surface area contributed by atoms with Gasteiger partial charge in [0.25, 0.3) is 0 Å². The summed E-state index contributed by atoms with van der Waals surface area (Å²) in [7, 11) is -3.59. The summed E-state index contributed by atoms with van der Waals surface area (Å²) in [5, 5.41) is 0. The molecule has 158 valence electrons. The number of esters is 1. The second kappa shape index (κ2) is 10.2. The van der Waals surface area contributed by atoms with E-state index in [4.69, 9.17) is 18.4 Å². The molecule has 8 heteroatoms. The third-order valence-electron chi connectivity index (χ3n) is 3.60. The fourth-order valence-corrected chi connectivity index (χ4v) is 2.90. The van der Waals surface area contributed by atoms with Gasteiger partial charge in [0.2, 0.25) is 5.75 Å². The number of hydrogen-bond donors (Lipinski definition) is 0. The third-order valence-corrected chi connectivity index (χ3v) is 4.10. The van der Waals surface area contributed by atoms with Gasteiger partial charge >= 0.3 is 16.1 Å². The number of rotatable bonds is 10. The average molecular weight is 422 g/mol. The van der Waals surface area contributed by atoms with Crippen molar-refractivity contribution in [3.05, 3.63) is 48.0 Å². The van der Waals surface area contributed by atoms with E-state index in [2.05, 4.69) is 0 Å². The van der Waals surface area contributed by atoms with Crippen molar-refractivity contribution >= 4 is 16.1 Å². The van der Waals surface area contributed by atoms with Crippen molar-refractivity contribution in [2.45, 2.75) is 39.7 Å². The van der Waals surface area contributed by atoms with Gasteiger partial charge in [-0.05, 0) is 43.7 Å². The summed E-state index contributed by atoms with van der Waals surface area (Å²) in [5.74, 6) is 0.939. The average Bonchev–Trinajstić information content (AvgIpc) is 2.62.